The number of hydrogen-bond acceptors (Lipinski definition) is 4. The molecule has 0 atom stereocenters. The maximum Gasteiger partial charge on any atom is 0.262 e. The number of amides is 1. The number of carbonyl (C=O) groups is 1. The van der Waals surface area contributed by atoms with Gasteiger partial charge in [0.1, 0.15) is 10.7 Å². The van der Waals surface area contributed by atoms with Crippen molar-refractivity contribution >= 4 is 38.9 Å². The highest BCUT2D eigenvalue weighted by Crippen LogP contribution is 2.35. The van der Waals surface area contributed by atoms with E-state index in [4.69, 9.17) is 21.4 Å². The van der Waals surface area contributed by atoms with Crippen LogP contribution in [0.25, 0.3) is 10.1 Å². The summed E-state index contributed by atoms with van der Waals surface area (Å²) in [7, 11) is 0. The Morgan fingerprint density at radius 3 is 3.00 bits per heavy atom. The molecule has 114 valence electrons. The van der Waals surface area contributed by atoms with E-state index in [2.05, 4.69) is 5.32 Å². The quantitative estimate of drug-likeness (QED) is 0.767. The van der Waals surface area contributed by atoms with Gasteiger partial charge >= 0.3 is 0 Å². The lowest BCUT2D eigenvalue weighted by molar-refractivity contribution is 0.0869. The van der Waals surface area contributed by atoms with Crippen LogP contribution in [0.4, 0.5) is 4.39 Å². The van der Waals surface area contributed by atoms with E-state index in [0.717, 1.165) is 0 Å². The predicted molar refractivity (Wildman–Crippen MR) is 81.6 cm³/mol. The Morgan fingerprint density at radius 1 is 1.43 bits per heavy atom. The molecule has 0 bridgehead atoms. The van der Waals surface area contributed by atoms with E-state index in [1.54, 1.807) is 6.07 Å². The first kappa shape index (κ1) is 16.2. The second-order valence-corrected chi connectivity index (χ2v) is 5.76. The average molecular weight is 332 g/mol. The van der Waals surface area contributed by atoms with Crippen LogP contribution in [-0.4, -0.2) is 37.4 Å². The van der Waals surface area contributed by atoms with Gasteiger partial charge in [-0.15, -0.1) is 11.3 Å². The van der Waals surface area contributed by atoms with Crippen molar-refractivity contribution in [3.05, 3.63) is 33.9 Å². The number of benzene rings is 1. The largest absolute Gasteiger partial charge is 0.394 e. The van der Waals surface area contributed by atoms with E-state index in [0.29, 0.717) is 46.2 Å². The molecule has 0 spiro atoms. The highest BCUT2D eigenvalue weighted by atomic mass is 35.5. The molecule has 21 heavy (non-hydrogen) atoms. The zero-order valence-electron chi connectivity index (χ0n) is 11.2. The summed E-state index contributed by atoms with van der Waals surface area (Å²) >= 11 is 7.33. The molecular weight excluding hydrogens is 317 g/mol. The highest BCUT2D eigenvalue weighted by molar-refractivity contribution is 7.21. The lowest BCUT2D eigenvalue weighted by Crippen LogP contribution is -2.24. The molecule has 1 aromatic carbocycles. The Balaban J connectivity index is 1.95. The van der Waals surface area contributed by atoms with E-state index in [9.17, 15) is 9.18 Å². The van der Waals surface area contributed by atoms with E-state index in [1.165, 1.54) is 23.5 Å². The van der Waals surface area contributed by atoms with Gasteiger partial charge in [-0.2, -0.15) is 0 Å². The summed E-state index contributed by atoms with van der Waals surface area (Å²) in [5.74, 6) is -0.628. The summed E-state index contributed by atoms with van der Waals surface area (Å²) in [5, 5.41) is 12.3. The second-order valence-electron chi connectivity index (χ2n) is 4.33. The molecule has 0 aliphatic carbocycles. The first-order valence-electron chi connectivity index (χ1n) is 6.48. The van der Waals surface area contributed by atoms with Gasteiger partial charge < -0.3 is 15.2 Å². The van der Waals surface area contributed by atoms with E-state index in [-0.39, 0.29) is 18.3 Å². The van der Waals surface area contributed by atoms with Gasteiger partial charge in [-0.25, -0.2) is 4.39 Å². The Hall–Kier alpha value is -1.21. The predicted octanol–water partition coefficient (Wildman–Crippen LogP) is 2.82. The standard InChI is InChI=1S/C14H15ClFNO3S/c15-12-10-3-2-9(16)8-11(10)21-13(12)14(19)17-4-1-6-20-7-5-18/h2-3,8,18H,1,4-7H2,(H,17,19). The number of thiophene rings is 1. The molecule has 7 heteroatoms. The van der Waals surface area contributed by atoms with Crippen LogP contribution >= 0.6 is 22.9 Å². The lowest BCUT2D eigenvalue weighted by atomic mass is 10.2. The van der Waals surface area contributed by atoms with Crippen molar-refractivity contribution in [3.63, 3.8) is 0 Å². The Labute approximate surface area is 130 Å². The number of aliphatic hydroxyl groups excluding tert-OH is 1. The van der Waals surface area contributed by atoms with Gasteiger partial charge in [0.2, 0.25) is 0 Å². The Kier molecular flexibility index (Phi) is 5.93. The van der Waals surface area contributed by atoms with Gasteiger partial charge in [0.15, 0.2) is 0 Å². The minimum atomic E-state index is -0.353. The van der Waals surface area contributed by atoms with Crippen molar-refractivity contribution in [2.24, 2.45) is 0 Å². The maximum absolute atomic E-state index is 13.2. The van der Waals surface area contributed by atoms with Crippen LogP contribution in [0.5, 0.6) is 0 Å². The fourth-order valence-electron chi connectivity index (χ4n) is 1.81. The number of fused-ring (bicyclic) bond motifs is 1. The fourth-order valence-corrected chi connectivity index (χ4v) is 3.27. The lowest BCUT2D eigenvalue weighted by Gasteiger charge is -2.04. The Bertz CT molecular complexity index is 632. The van der Waals surface area contributed by atoms with Gasteiger partial charge in [0, 0.05) is 23.2 Å². The molecule has 0 radical (unpaired) electrons. The summed E-state index contributed by atoms with van der Waals surface area (Å²) in [6, 6.07) is 4.26. The molecule has 0 aliphatic heterocycles. The van der Waals surface area contributed by atoms with E-state index in [1.807, 2.05) is 0 Å². The van der Waals surface area contributed by atoms with Gasteiger partial charge in [-0.3, -0.25) is 4.79 Å². The van der Waals surface area contributed by atoms with Crippen LogP contribution in [-0.2, 0) is 4.74 Å². The first-order chi connectivity index (χ1) is 10.1. The molecule has 4 nitrogen and oxygen atoms in total. The van der Waals surface area contributed by atoms with Crippen molar-refractivity contribution in [2.45, 2.75) is 6.42 Å². The third-order valence-electron chi connectivity index (χ3n) is 2.78. The van der Waals surface area contributed by atoms with E-state index < -0.39 is 0 Å². The van der Waals surface area contributed by atoms with Gasteiger partial charge in [0.25, 0.3) is 5.91 Å². The average Bonchev–Trinajstić information content (AvgIpc) is 2.79. The van der Waals surface area contributed by atoms with Crippen LogP contribution in [0.1, 0.15) is 16.1 Å². The molecule has 2 rings (SSSR count). The number of hydrogen-bond donors (Lipinski definition) is 2. The molecule has 1 aromatic heterocycles. The van der Waals surface area contributed by atoms with E-state index >= 15 is 0 Å². The Morgan fingerprint density at radius 2 is 2.24 bits per heavy atom. The summed E-state index contributed by atoms with van der Waals surface area (Å²) in [4.78, 5) is 12.4. The van der Waals surface area contributed by atoms with Crippen molar-refractivity contribution in [3.8, 4) is 0 Å². The molecule has 2 aromatic rings. The van der Waals surface area contributed by atoms with Crippen molar-refractivity contribution < 1.29 is 19.0 Å². The molecule has 2 N–H and O–H groups in total. The van der Waals surface area contributed by atoms with Gasteiger partial charge in [0.05, 0.1) is 18.2 Å². The third-order valence-corrected chi connectivity index (χ3v) is 4.44. The summed E-state index contributed by atoms with van der Waals surface area (Å²) < 4.78 is 18.9. The SMILES string of the molecule is O=C(NCCCOCCO)c1sc2cc(F)ccc2c1Cl. The smallest absolute Gasteiger partial charge is 0.262 e. The van der Waals surface area contributed by atoms with Crippen molar-refractivity contribution in [2.75, 3.05) is 26.4 Å². The molecular formula is C14H15ClFNO3S. The van der Waals surface area contributed by atoms with Gasteiger partial charge in [-0.1, -0.05) is 11.6 Å². The molecule has 1 heterocycles. The van der Waals surface area contributed by atoms with Crippen LogP contribution in [0.15, 0.2) is 18.2 Å². The first-order valence-corrected chi connectivity index (χ1v) is 7.67. The monoisotopic (exact) mass is 331 g/mol. The fraction of sp³-hybridized carbons (Fsp3) is 0.357. The topological polar surface area (TPSA) is 58.6 Å². The van der Waals surface area contributed by atoms with Gasteiger partial charge in [-0.05, 0) is 24.6 Å². The summed E-state index contributed by atoms with van der Waals surface area (Å²) in [6.07, 6.45) is 0.642. The van der Waals surface area contributed by atoms with Crippen LogP contribution in [0.2, 0.25) is 5.02 Å². The second kappa shape index (κ2) is 7.70. The van der Waals surface area contributed by atoms with Crippen molar-refractivity contribution in [1.29, 1.82) is 0 Å². The maximum atomic E-state index is 13.2. The van der Waals surface area contributed by atoms with Crippen molar-refractivity contribution in [1.82, 2.24) is 5.32 Å². The number of nitrogens with one attached hydrogen (secondary N) is 1. The van der Waals surface area contributed by atoms with Crippen LogP contribution in [0, 0.1) is 5.82 Å². The molecule has 0 saturated carbocycles. The molecule has 0 saturated heterocycles. The van der Waals surface area contributed by atoms with Crippen LogP contribution in [0.3, 0.4) is 0 Å². The number of halogens is 2. The molecule has 0 aliphatic rings. The molecule has 0 unspecified atom stereocenters. The number of aliphatic hydroxyl groups is 1. The third kappa shape index (κ3) is 4.14. The highest BCUT2D eigenvalue weighted by Gasteiger charge is 2.16. The minimum Gasteiger partial charge on any atom is -0.394 e. The normalized spacial score (nSPS) is 11.0. The molecule has 0 fully saturated rings. The zero-order chi connectivity index (χ0) is 15.2. The number of carbonyl (C=O) groups excluding carboxylic acids is 1. The number of ether oxygens (including phenoxy) is 1. The number of rotatable bonds is 7. The summed E-state index contributed by atoms with van der Waals surface area (Å²) in [6.45, 7) is 1.19. The minimum absolute atomic E-state index is 0.0136. The van der Waals surface area contributed by atoms with Crippen LogP contribution < -0.4 is 5.32 Å². The summed E-state index contributed by atoms with van der Waals surface area (Å²) in [5.41, 5.74) is 0. The zero-order valence-corrected chi connectivity index (χ0v) is 12.8. The molecule has 1 amide bonds.